The van der Waals surface area contributed by atoms with Gasteiger partial charge in [0.15, 0.2) is 0 Å². The van der Waals surface area contributed by atoms with E-state index in [-0.39, 0.29) is 12.2 Å². The summed E-state index contributed by atoms with van der Waals surface area (Å²) in [6.07, 6.45) is 0. The number of esters is 1. The van der Waals surface area contributed by atoms with Crippen molar-refractivity contribution in [1.29, 1.82) is 0 Å². The predicted molar refractivity (Wildman–Crippen MR) is 134 cm³/mol. The Labute approximate surface area is 207 Å². The third-order valence-corrected chi connectivity index (χ3v) is 6.83. The van der Waals surface area contributed by atoms with E-state index in [2.05, 4.69) is 6.07 Å². The molecule has 0 fully saturated rings. The van der Waals surface area contributed by atoms with E-state index in [1.807, 2.05) is 50.2 Å². The Hall–Kier alpha value is -3.09. The lowest BCUT2D eigenvalue weighted by molar-refractivity contribution is 0.0590. The van der Waals surface area contributed by atoms with Crippen LogP contribution < -0.4 is 4.74 Å². The summed E-state index contributed by atoms with van der Waals surface area (Å²) >= 11 is 7.53. The summed E-state index contributed by atoms with van der Waals surface area (Å²) in [6.45, 7) is 4.36. The highest BCUT2D eigenvalue weighted by Gasteiger charge is 2.24. The van der Waals surface area contributed by atoms with E-state index in [9.17, 15) is 9.18 Å². The van der Waals surface area contributed by atoms with Gasteiger partial charge in [-0.05, 0) is 54.8 Å². The second-order valence-electron chi connectivity index (χ2n) is 7.87. The van der Waals surface area contributed by atoms with E-state index >= 15 is 0 Å². The van der Waals surface area contributed by atoms with Gasteiger partial charge in [-0.2, -0.15) is 0 Å². The molecule has 0 aliphatic rings. The molecule has 0 aliphatic heterocycles. The predicted octanol–water partition coefficient (Wildman–Crippen LogP) is 7.30. The van der Waals surface area contributed by atoms with Crippen LogP contribution in [0, 0.1) is 19.7 Å². The van der Waals surface area contributed by atoms with Crippen LogP contribution in [0.5, 0.6) is 5.75 Å². The Morgan fingerprint density at radius 2 is 1.82 bits per heavy atom. The molecule has 0 aliphatic carbocycles. The summed E-state index contributed by atoms with van der Waals surface area (Å²) in [5.41, 5.74) is 4.99. The molecule has 0 saturated heterocycles. The monoisotopic (exact) mass is 495 g/mol. The SMILES string of the molecule is COC(=O)c1c(SCc2ccc(F)cc2Cl)nc2ccccc2c1OCc1ccc(C)cc1C. The normalized spacial score (nSPS) is 11.0. The highest BCUT2D eigenvalue weighted by molar-refractivity contribution is 7.98. The third-order valence-electron chi connectivity index (χ3n) is 5.45. The number of aromatic nitrogens is 1. The minimum absolute atomic E-state index is 0.259. The number of ether oxygens (including phenoxy) is 2. The minimum atomic E-state index is -0.540. The second kappa shape index (κ2) is 10.5. The number of benzene rings is 3. The van der Waals surface area contributed by atoms with E-state index in [1.165, 1.54) is 36.6 Å². The quantitative estimate of drug-likeness (QED) is 0.199. The zero-order chi connectivity index (χ0) is 24.2. The van der Waals surface area contributed by atoms with Crippen molar-refractivity contribution in [2.75, 3.05) is 7.11 Å². The Balaban J connectivity index is 1.76. The van der Waals surface area contributed by atoms with Crippen molar-refractivity contribution in [3.05, 3.63) is 99.3 Å². The molecule has 4 aromatic rings. The maximum absolute atomic E-state index is 13.4. The van der Waals surface area contributed by atoms with Crippen molar-refractivity contribution < 1.29 is 18.7 Å². The molecule has 174 valence electrons. The van der Waals surface area contributed by atoms with Crippen LogP contribution in [0.1, 0.15) is 32.6 Å². The molecule has 1 aromatic heterocycles. The van der Waals surface area contributed by atoms with Gasteiger partial charge < -0.3 is 9.47 Å². The van der Waals surface area contributed by atoms with Crippen molar-refractivity contribution in [3.63, 3.8) is 0 Å². The average molecular weight is 496 g/mol. The van der Waals surface area contributed by atoms with Crippen LogP contribution in [0.4, 0.5) is 4.39 Å². The summed E-state index contributed by atoms with van der Waals surface area (Å²) < 4.78 is 24.8. The van der Waals surface area contributed by atoms with Crippen LogP contribution in [0.2, 0.25) is 5.02 Å². The lowest BCUT2D eigenvalue weighted by Crippen LogP contribution is -2.10. The lowest BCUT2D eigenvalue weighted by Gasteiger charge is -2.17. The summed E-state index contributed by atoms with van der Waals surface area (Å²) in [4.78, 5) is 17.6. The van der Waals surface area contributed by atoms with Crippen LogP contribution in [0.25, 0.3) is 10.9 Å². The van der Waals surface area contributed by atoms with Crippen molar-refractivity contribution in [2.24, 2.45) is 0 Å². The molecule has 0 atom stereocenters. The van der Waals surface area contributed by atoms with Gasteiger partial charge in [0.2, 0.25) is 0 Å². The Bertz CT molecular complexity index is 1380. The standard InChI is InChI=1S/C27H23ClFNO3S/c1-16-8-9-18(17(2)12-16)14-33-25-21-6-4-5-7-23(21)30-26(24(25)27(31)32-3)34-15-19-10-11-20(29)13-22(19)28/h4-13H,14-15H2,1-3H3. The molecule has 0 amide bonds. The van der Waals surface area contributed by atoms with E-state index in [1.54, 1.807) is 6.07 Å². The minimum Gasteiger partial charge on any atom is -0.487 e. The van der Waals surface area contributed by atoms with Crippen molar-refractivity contribution in [2.45, 2.75) is 31.2 Å². The highest BCUT2D eigenvalue weighted by atomic mass is 35.5. The number of carbonyl (C=O) groups is 1. The number of methoxy groups -OCH3 is 1. The fourth-order valence-electron chi connectivity index (χ4n) is 3.64. The Morgan fingerprint density at radius 3 is 2.56 bits per heavy atom. The number of carbonyl (C=O) groups excluding carboxylic acids is 1. The number of rotatable bonds is 7. The van der Waals surface area contributed by atoms with Crippen molar-refractivity contribution in [3.8, 4) is 5.75 Å². The molecule has 34 heavy (non-hydrogen) atoms. The number of pyridine rings is 1. The van der Waals surface area contributed by atoms with Crippen LogP contribution in [0.3, 0.4) is 0 Å². The fraction of sp³-hybridized carbons (Fsp3) is 0.185. The first-order valence-corrected chi connectivity index (χ1v) is 12.0. The lowest BCUT2D eigenvalue weighted by atomic mass is 10.1. The topological polar surface area (TPSA) is 48.4 Å². The molecule has 4 nitrogen and oxygen atoms in total. The first kappa shape index (κ1) is 24.0. The first-order valence-electron chi connectivity index (χ1n) is 10.6. The molecular weight excluding hydrogens is 473 g/mol. The van der Waals surface area contributed by atoms with Gasteiger partial charge >= 0.3 is 5.97 Å². The average Bonchev–Trinajstić information content (AvgIpc) is 2.82. The summed E-state index contributed by atoms with van der Waals surface area (Å²) in [5, 5.41) is 1.50. The van der Waals surface area contributed by atoms with Gasteiger partial charge in [-0.3, -0.25) is 0 Å². The Morgan fingerprint density at radius 1 is 1.06 bits per heavy atom. The molecular formula is C27H23ClFNO3S. The van der Waals surface area contributed by atoms with Crippen LogP contribution >= 0.6 is 23.4 Å². The maximum Gasteiger partial charge on any atom is 0.344 e. The Kier molecular flexibility index (Phi) is 7.39. The smallest absolute Gasteiger partial charge is 0.344 e. The molecule has 0 spiro atoms. The molecule has 0 N–H and O–H groups in total. The van der Waals surface area contributed by atoms with Gasteiger partial charge in [-0.1, -0.05) is 53.6 Å². The van der Waals surface area contributed by atoms with Crippen molar-refractivity contribution >= 4 is 40.2 Å². The van der Waals surface area contributed by atoms with Gasteiger partial charge in [0.1, 0.15) is 28.8 Å². The van der Waals surface area contributed by atoms with E-state index in [4.69, 9.17) is 26.1 Å². The molecule has 0 bridgehead atoms. The van der Waals surface area contributed by atoms with E-state index in [0.29, 0.717) is 27.1 Å². The summed E-state index contributed by atoms with van der Waals surface area (Å²) in [7, 11) is 1.33. The number of halogens is 2. The number of nitrogens with zero attached hydrogens (tertiary/aromatic N) is 1. The van der Waals surface area contributed by atoms with Gasteiger partial charge in [0.05, 0.1) is 12.6 Å². The van der Waals surface area contributed by atoms with Crippen LogP contribution in [-0.4, -0.2) is 18.1 Å². The first-order chi connectivity index (χ1) is 16.4. The largest absolute Gasteiger partial charge is 0.487 e. The summed E-state index contributed by atoms with van der Waals surface area (Å²) in [6, 6.07) is 17.9. The number of hydrogen-bond acceptors (Lipinski definition) is 5. The fourth-order valence-corrected chi connectivity index (χ4v) is 4.98. The molecule has 1 heterocycles. The van der Waals surface area contributed by atoms with Gasteiger partial charge in [-0.25, -0.2) is 14.2 Å². The molecule has 0 unspecified atom stereocenters. The second-order valence-corrected chi connectivity index (χ2v) is 9.24. The molecule has 0 radical (unpaired) electrons. The van der Waals surface area contributed by atoms with Crippen LogP contribution in [0.15, 0.2) is 65.7 Å². The zero-order valence-electron chi connectivity index (χ0n) is 19.0. The van der Waals surface area contributed by atoms with Gasteiger partial charge in [-0.15, -0.1) is 11.8 Å². The van der Waals surface area contributed by atoms with Crippen LogP contribution in [-0.2, 0) is 17.1 Å². The summed E-state index contributed by atoms with van der Waals surface area (Å²) in [5.74, 6) is -0.128. The third kappa shape index (κ3) is 5.18. The molecule has 4 rings (SSSR count). The number of aryl methyl sites for hydroxylation is 2. The molecule has 0 saturated carbocycles. The molecule has 3 aromatic carbocycles. The number of fused-ring (bicyclic) bond motifs is 1. The van der Waals surface area contributed by atoms with E-state index < -0.39 is 11.8 Å². The zero-order valence-corrected chi connectivity index (χ0v) is 20.6. The number of thioether (sulfide) groups is 1. The van der Waals surface area contributed by atoms with Gasteiger partial charge in [0, 0.05) is 16.2 Å². The maximum atomic E-state index is 13.4. The van der Waals surface area contributed by atoms with Crippen molar-refractivity contribution in [1.82, 2.24) is 4.98 Å². The number of para-hydroxylation sites is 1. The number of hydrogen-bond donors (Lipinski definition) is 0. The van der Waals surface area contributed by atoms with Gasteiger partial charge in [0.25, 0.3) is 0 Å². The highest BCUT2D eigenvalue weighted by Crippen LogP contribution is 2.38. The van der Waals surface area contributed by atoms with E-state index in [0.717, 1.165) is 22.1 Å². The molecule has 7 heteroatoms.